The average molecular weight is 498 g/mol. The second-order valence-electron chi connectivity index (χ2n) is 7.53. The fourth-order valence-corrected chi connectivity index (χ4v) is 4.14. The van der Waals surface area contributed by atoms with Crippen LogP contribution in [0, 0.1) is 24.0 Å². The molecular formula is C23H20ClN5O4S. The van der Waals surface area contributed by atoms with E-state index >= 15 is 0 Å². The zero-order valence-corrected chi connectivity index (χ0v) is 19.9. The van der Waals surface area contributed by atoms with E-state index < -0.39 is 10.8 Å². The summed E-state index contributed by atoms with van der Waals surface area (Å²) in [6.45, 7) is 3.98. The highest BCUT2D eigenvalue weighted by Gasteiger charge is 2.20. The number of anilines is 1. The Labute approximate surface area is 204 Å². The molecule has 0 aliphatic heterocycles. The van der Waals surface area contributed by atoms with Crippen LogP contribution in [-0.2, 0) is 11.3 Å². The van der Waals surface area contributed by atoms with Crippen LogP contribution in [0.1, 0.15) is 16.9 Å². The summed E-state index contributed by atoms with van der Waals surface area (Å²) in [5, 5.41) is 23.7. The van der Waals surface area contributed by atoms with Crippen molar-refractivity contribution >= 4 is 40.6 Å². The van der Waals surface area contributed by atoms with Gasteiger partial charge in [0.1, 0.15) is 11.4 Å². The van der Waals surface area contributed by atoms with Gasteiger partial charge in [-0.3, -0.25) is 19.5 Å². The third-order valence-corrected chi connectivity index (χ3v) is 6.35. The van der Waals surface area contributed by atoms with Crippen LogP contribution in [-0.4, -0.2) is 31.3 Å². The van der Waals surface area contributed by atoms with Crippen molar-refractivity contribution in [2.75, 3.05) is 11.1 Å². The molecule has 0 radical (unpaired) electrons. The number of hydrogen-bond donors (Lipinski definition) is 1. The maximum absolute atomic E-state index is 12.7. The molecule has 11 heteroatoms. The minimum Gasteiger partial charge on any atom is -0.467 e. The van der Waals surface area contributed by atoms with Gasteiger partial charge in [0.2, 0.25) is 5.91 Å². The molecule has 2 heterocycles. The topological polar surface area (TPSA) is 116 Å². The van der Waals surface area contributed by atoms with Crippen LogP contribution >= 0.6 is 23.4 Å². The summed E-state index contributed by atoms with van der Waals surface area (Å²) < 4.78 is 7.33. The molecule has 4 rings (SSSR count). The molecule has 0 spiro atoms. The Morgan fingerprint density at radius 3 is 2.59 bits per heavy atom. The molecule has 4 aromatic rings. The third kappa shape index (κ3) is 5.29. The molecule has 0 atom stereocenters. The van der Waals surface area contributed by atoms with Crippen molar-refractivity contribution in [3.63, 3.8) is 0 Å². The maximum Gasteiger partial charge on any atom is 0.293 e. The van der Waals surface area contributed by atoms with E-state index in [1.165, 1.54) is 17.8 Å². The predicted octanol–water partition coefficient (Wildman–Crippen LogP) is 5.50. The van der Waals surface area contributed by atoms with Crippen LogP contribution in [0.2, 0.25) is 5.02 Å². The van der Waals surface area contributed by atoms with E-state index in [2.05, 4.69) is 15.5 Å². The molecule has 0 unspecified atom stereocenters. The van der Waals surface area contributed by atoms with Crippen molar-refractivity contribution in [2.24, 2.45) is 0 Å². The lowest BCUT2D eigenvalue weighted by atomic mass is 10.1. The number of nitrogens with zero attached hydrogens (tertiary/aromatic N) is 4. The second-order valence-corrected chi connectivity index (χ2v) is 8.91. The minimum atomic E-state index is -0.506. The van der Waals surface area contributed by atoms with E-state index in [1.54, 1.807) is 37.5 Å². The smallest absolute Gasteiger partial charge is 0.293 e. The number of thioether (sulfide) groups is 1. The zero-order chi connectivity index (χ0) is 24.2. The van der Waals surface area contributed by atoms with E-state index in [0.29, 0.717) is 28.3 Å². The molecule has 0 aliphatic carbocycles. The van der Waals surface area contributed by atoms with E-state index in [0.717, 1.165) is 16.7 Å². The number of halogens is 1. The van der Waals surface area contributed by atoms with Crippen LogP contribution in [0.3, 0.4) is 0 Å². The summed E-state index contributed by atoms with van der Waals surface area (Å²) in [4.78, 5) is 23.6. The Morgan fingerprint density at radius 2 is 1.91 bits per heavy atom. The number of nitro benzene ring substituents is 1. The number of aromatic nitrogens is 3. The lowest BCUT2D eigenvalue weighted by Crippen LogP contribution is -2.16. The predicted molar refractivity (Wildman–Crippen MR) is 130 cm³/mol. The number of furan rings is 1. The number of aryl methyl sites for hydroxylation is 2. The molecule has 9 nitrogen and oxygen atoms in total. The van der Waals surface area contributed by atoms with E-state index in [4.69, 9.17) is 16.0 Å². The van der Waals surface area contributed by atoms with Crippen molar-refractivity contribution in [2.45, 2.75) is 25.5 Å². The number of carbonyl (C=O) groups is 1. The number of carbonyl (C=O) groups excluding carboxylic acids is 1. The number of benzene rings is 2. The number of nitro groups is 1. The summed E-state index contributed by atoms with van der Waals surface area (Å²) in [7, 11) is 0. The standard InChI is InChI=1S/C23H20ClN5O4S/c1-14-10-19(20(29(31)32)11-15(14)2)25-21(30)13-34-23-27-26-22(16-5-7-17(24)8-6-16)28(23)12-18-4-3-9-33-18/h3-11H,12-13H2,1-2H3,(H,25,30). The molecule has 1 N–H and O–H groups in total. The molecule has 0 saturated carbocycles. The normalized spacial score (nSPS) is 10.9. The lowest BCUT2D eigenvalue weighted by molar-refractivity contribution is -0.384. The summed E-state index contributed by atoms with van der Waals surface area (Å²) >= 11 is 7.19. The minimum absolute atomic E-state index is 0.0129. The molecule has 174 valence electrons. The highest BCUT2D eigenvalue weighted by molar-refractivity contribution is 7.99. The summed E-state index contributed by atoms with van der Waals surface area (Å²) in [6, 6.07) is 13.9. The molecule has 2 aromatic heterocycles. The molecule has 2 aromatic carbocycles. The second kappa shape index (κ2) is 10.1. The van der Waals surface area contributed by atoms with E-state index in [9.17, 15) is 14.9 Å². The first-order valence-electron chi connectivity index (χ1n) is 10.2. The molecule has 34 heavy (non-hydrogen) atoms. The monoisotopic (exact) mass is 497 g/mol. The number of hydrogen-bond acceptors (Lipinski definition) is 7. The highest BCUT2D eigenvalue weighted by atomic mass is 35.5. The van der Waals surface area contributed by atoms with Gasteiger partial charge in [-0.25, -0.2) is 0 Å². The Kier molecular flexibility index (Phi) is 6.99. The molecule has 0 fully saturated rings. The third-order valence-electron chi connectivity index (χ3n) is 5.13. The van der Waals surface area contributed by atoms with Gasteiger partial charge in [-0.2, -0.15) is 0 Å². The Hall–Kier alpha value is -3.63. The Morgan fingerprint density at radius 1 is 1.18 bits per heavy atom. The molecule has 0 aliphatic rings. The van der Waals surface area contributed by atoms with Gasteiger partial charge in [0.05, 0.1) is 23.5 Å². The quantitative estimate of drug-likeness (QED) is 0.194. The van der Waals surface area contributed by atoms with Crippen LogP contribution in [0.5, 0.6) is 0 Å². The molecular weight excluding hydrogens is 478 g/mol. The van der Waals surface area contributed by atoms with Crippen molar-refractivity contribution in [1.82, 2.24) is 14.8 Å². The number of amides is 1. The van der Waals surface area contributed by atoms with Gasteiger partial charge in [0, 0.05) is 16.7 Å². The largest absolute Gasteiger partial charge is 0.467 e. The fraction of sp³-hybridized carbons (Fsp3) is 0.174. The van der Waals surface area contributed by atoms with Crippen LogP contribution in [0.15, 0.2) is 64.4 Å². The Balaban J connectivity index is 1.55. The van der Waals surface area contributed by atoms with Crippen LogP contribution in [0.25, 0.3) is 11.4 Å². The average Bonchev–Trinajstić information content (AvgIpc) is 3.45. The highest BCUT2D eigenvalue weighted by Crippen LogP contribution is 2.29. The van der Waals surface area contributed by atoms with Crippen LogP contribution < -0.4 is 5.32 Å². The zero-order valence-electron chi connectivity index (χ0n) is 18.3. The first-order chi connectivity index (χ1) is 16.3. The van der Waals surface area contributed by atoms with Gasteiger partial charge < -0.3 is 9.73 Å². The maximum atomic E-state index is 12.7. The van der Waals surface area contributed by atoms with Gasteiger partial charge in [0.25, 0.3) is 5.69 Å². The van der Waals surface area contributed by atoms with E-state index in [1.807, 2.05) is 29.7 Å². The summed E-state index contributed by atoms with van der Waals surface area (Å²) in [5.74, 6) is 0.894. The summed E-state index contributed by atoms with van der Waals surface area (Å²) in [6.07, 6.45) is 1.58. The fourth-order valence-electron chi connectivity index (χ4n) is 3.28. The van der Waals surface area contributed by atoms with Gasteiger partial charge in [-0.15, -0.1) is 10.2 Å². The first kappa shape index (κ1) is 23.5. The lowest BCUT2D eigenvalue weighted by Gasteiger charge is -2.10. The van der Waals surface area contributed by atoms with Gasteiger partial charge >= 0.3 is 0 Å². The SMILES string of the molecule is Cc1cc(NC(=O)CSc2nnc(-c3ccc(Cl)cc3)n2Cc2ccco2)c([N+](=O)[O-])cc1C. The van der Waals surface area contributed by atoms with Crippen LogP contribution in [0.4, 0.5) is 11.4 Å². The van der Waals surface area contributed by atoms with Gasteiger partial charge in [-0.05, 0) is 67.4 Å². The first-order valence-corrected chi connectivity index (χ1v) is 11.6. The van der Waals surface area contributed by atoms with Crippen molar-refractivity contribution in [1.29, 1.82) is 0 Å². The van der Waals surface area contributed by atoms with Gasteiger partial charge in [-0.1, -0.05) is 23.4 Å². The molecule has 0 bridgehead atoms. The Bertz CT molecular complexity index is 1340. The van der Waals surface area contributed by atoms with Crippen molar-refractivity contribution in [3.05, 3.63) is 86.8 Å². The summed E-state index contributed by atoms with van der Waals surface area (Å²) in [5.41, 5.74) is 2.45. The number of rotatable bonds is 8. The molecule has 0 saturated heterocycles. The van der Waals surface area contributed by atoms with Gasteiger partial charge in [0.15, 0.2) is 11.0 Å². The van der Waals surface area contributed by atoms with E-state index in [-0.39, 0.29) is 17.1 Å². The van der Waals surface area contributed by atoms with Crippen molar-refractivity contribution in [3.8, 4) is 11.4 Å². The number of nitrogens with one attached hydrogen (secondary N) is 1. The molecule has 1 amide bonds. The van der Waals surface area contributed by atoms with Crippen molar-refractivity contribution < 1.29 is 14.1 Å².